The fourth-order valence-corrected chi connectivity index (χ4v) is 1.55. The van der Waals surface area contributed by atoms with Crippen molar-refractivity contribution in [3.8, 4) is 0 Å². The summed E-state index contributed by atoms with van der Waals surface area (Å²) in [4.78, 5) is 21.9. The Morgan fingerprint density at radius 1 is 1.57 bits per heavy atom. The molecule has 5 nitrogen and oxygen atoms in total. The molecule has 7 heteroatoms. The van der Waals surface area contributed by atoms with Crippen molar-refractivity contribution in [1.29, 1.82) is 0 Å². The Morgan fingerprint density at radius 3 is 2.36 bits per heavy atom. The average molecular weight is 241 g/mol. The van der Waals surface area contributed by atoms with Gasteiger partial charge in [-0.3, -0.25) is 4.79 Å². The van der Waals surface area contributed by atoms with Crippen LogP contribution in [0.25, 0.3) is 0 Å². The number of alkyl halides is 2. The molecular formula is C7H6Cl2O5. The second-order valence-electron chi connectivity index (χ2n) is 2.67. The number of aliphatic carboxylic acids is 1. The molecule has 1 rings (SSSR count). The maximum Gasteiger partial charge on any atom is 0.347 e. The van der Waals surface area contributed by atoms with Gasteiger partial charge in [-0.25, -0.2) is 4.79 Å². The maximum absolute atomic E-state index is 11.1. The third-order valence-corrected chi connectivity index (χ3v) is 2.83. The highest BCUT2D eigenvalue weighted by molar-refractivity contribution is 6.62. The fourth-order valence-electron chi connectivity index (χ4n) is 1.09. The zero-order valence-corrected chi connectivity index (χ0v) is 8.46. The second kappa shape index (κ2) is 3.12. The normalized spacial score (nSPS) is 30.0. The molecule has 0 saturated carbocycles. The van der Waals surface area contributed by atoms with Crippen molar-refractivity contribution >= 4 is 35.0 Å². The van der Waals surface area contributed by atoms with Crippen LogP contribution in [0.2, 0.25) is 0 Å². The number of hydrogen-bond donors (Lipinski definition) is 2. The van der Waals surface area contributed by atoms with Crippen LogP contribution in [0.1, 0.15) is 0 Å². The van der Waals surface area contributed by atoms with E-state index in [0.717, 1.165) is 13.2 Å². The van der Waals surface area contributed by atoms with Gasteiger partial charge >= 0.3 is 5.97 Å². The number of rotatable bonds is 2. The number of carboxylic acids is 1. The first-order valence-corrected chi connectivity index (χ1v) is 4.18. The van der Waals surface area contributed by atoms with E-state index in [-0.39, 0.29) is 0 Å². The largest absolute Gasteiger partial charge is 0.497 e. The van der Waals surface area contributed by atoms with Crippen molar-refractivity contribution in [2.24, 2.45) is 0 Å². The molecule has 0 spiro atoms. The Labute approximate surface area is 88.9 Å². The molecule has 0 aromatic heterocycles. The van der Waals surface area contributed by atoms with Crippen molar-refractivity contribution in [2.75, 3.05) is 7.11 Å². The van der Waals surface area contributed by atoms with Gasteiger partial charge in [-0.1, -0.05) is 23.2 Å². The fraction of sp³-hybridized carbons (Fsp3) is 0.429. The highest BCUT2D eigenvalue weighted by atomic mass is 35.5. The van der Waals surface area contributed by atoms with Crippen molar-refractivity contribution in [3.05, 3.63) is 11.8 Å². The molecule has 0 radical (unpaired) electrons. The van der Waals surface area contributed by atoms with Crippen molar-refractivity contribution < 1.29 is 24.5 Å². The molecule has 0 fully saturated rings. The van der Waals surface area contributed by atoms with E-state index in [1.165, 1.54) is 0 Å². The summed E-state index contributed by atoms with van der Waals surface area (Å²) in [5, 5.41) is 18.4. The van der Waals surface area contributed by atoms with Gasteiger partial charge in [0, 0.05) is 6.08 Å². The van der Waals surface area contributed by atoms with Crippen LogP contribution in [-0.2, 0) is 14.3 Å². The summed E-state index contributed by atoms with van der Waals surface area (Å²) in [5.74, 6) is -3.16. The number of ketones is 1. The van der Waals surface area contributed by atoms with Crippen molar-refractivity contribution in [1.82, 2.24) is 0 Å². The molecule has 0 aromatic rings. The minimum Gasteiger partial charge on any atom is -0.497 e. The first-order valence-electron chi connectivity index (χ1n) is 3.42. The van der Waals surface area contributed by atoms with Gasteiger partial charge in [0.25, 0.3) is 5.60 Å². The molecule has 0 aliphatic heterocycles. The number of hydrogen-bond acceptors (Lipinski definition) is 4. The van der Waals surface area contributed by atoms with Gasteiger partial charge in [0.15, 0.2) is 5.78 Å². The zero-order chi connectivity index (χ0) is 11.1. The van der Waals surface area contributed by atoms with Gasteiger partial charge in [-0.15, -0.1) is 0 Å². The van der Waals surface area contributed by atoms with Crippen LogP contribution in [-0.4, -0.2) is 39.0 Å². The van der Waals surface area contributed by atoms with Crippen LogP contribution in [0, 0.1) is 0 Å². The van der Waals surface area contributed by atoms with E-state index in [1.54, 1.807) is 0 Å². The lowest BCUT2D eigenvalue weighted by molar-refractivity contribution is -0.159. The first kappa shape index (κ1) is 11.3. The molecule has 1 atom stereocenters. The van der Waals surface area contributed by atoms with Crippen LogP contribution in [0.5, 0.6) is 0 Å². The monoisotopic (exact) mass is 240 g/mol. The minimum atomic E-state index is -2.73. The van der Waals surface area contributed by atoms with Crippen molar-refractivity contribution in [3.63, 3.8) is 0 Å². The van der Waals surface area contributed by atoms with Crippen LogP contribution in [0.4, 0.5) is 0 Å². The maximum atomic E-state index is 11.1. The lowest BCUT2D eigenvalue weighted by Crippen LogP contribution is -2.54. The predicted molar refractivity (Wildman–Crippen MR) is 47.1 cm³/mol. The van der Waals surface area contributed by atoms with Crippen LogP contribution in [0.3, 0.4) is 0 Å². The third-order valence-electron chi connectivity index (χ3n) is 1.91. The number of ether oxygens (including phenoxy) is 1. The summed E-state index contributed by atoms with van der Waals surface area (Å²) < 4.78 is 2.08. The number of methoxy groups -OCH3 is 1. The quantitative estimate of drug-likeness (QED) is 0.669. The molecular weight excluding hydrogens is 235 g/mol. The second-order valence-corrected chi connectivity index (χ2v) is 3.99. The Balaban J connectivity index is 3.33. The van der Waals surface area contributed by atoms with E-state index in [1.807, 2.05) is 0 Å². The topological polar surface area (TPSA) is 83.8 Å². The highest BCUT2D eigenvalue weighted by Gasteiger charge is 2.66. The molecule has 1 unspecified atom stereocenters. The Hall–Kier alpha value is -0.780. The molecule has 0 aromatic carbocycles. The molecule has 0 amide bonds. The van der Waals surface area contributed by atoms with Gasteiger partial charge in [0.2, 0.25) is 4.33 Å². The molecule has 78 valence electrons. The molecule has 2 N–H and O–H groups in total. The number of carboxylic acid groups (broad SMARTS) is 1. The lowest BCUT2D eigenvalue weighted by atomic mass is 10.0. The van der Waals surface area contributed by atoms with Gasteiger partial charge in [0.1, 0.15) is 5.76 Å². The number of carbonyl (C=O) groups excluding carboxylic acids is 1. The predicted octanol–water partition coefficient (Wildman–Crippen LogP) is 0.0890. The molecule has 0 saturated heterocycles. The van der Waals surface area contributed by atoms with Gasteiger partial charge in [-0.05, 0) is 0 Å². The molecule has 1 aliphatic rings. The summed E-state index contributed by atoms with van der Waals surface area (Å²) >= 11 is 10.9. The molecule has 14 heavy (non-hydrogen) atoms. The number of halogens is 2. The summed E-state index contributed by atoms with van der Waals surface area (Å²) in [6.07, 6.45) is 0.758. The van der Waals surface area contributed by atoms with Crippen LogP contribution < -0.4 is 0 Å². The lowest BCUT2D eigenvalue weighted by Gasteiger charge is -2.28. The van der Waals surface area contributed by atoms with E-state index >= 15 is 0 Å². The smallest absolute Gasteiger partial charge is 0.347 e. The standard InChI is InChI=1S/C7H6Cl2O5/c1-14-4-2-3(10)7(8,9)6(4,13)5(11)12/h2,13H,1H3,(H,11,12). The summed E-state index contributed by atoms with van der Waals surface area (Å²) in [5.41, 5.74) is -2.73. The molecule has 0 bridgehead atoms. The summed E-state index contributed by atoms with van der Waals surface area (Å²) in [7, 11) is 1.10. The highest BCUT2D eigenvalue weighted by Crippen LogP contribution is 2.45. The number of allylic oxidation sites excluding steroid dienone is 1. The van der Waals surface area contributed by atoms with Crippen LogP contribution in [0.15, 0.2) is 11.8 Å². The van der Waals surface area contributed by atoms with Crippen molar-refractivity contribution in [2.45, 2.75) is 9.93 Å². The average Bonchev–Trinajstić information content (AvgIpc) is 2.27. The van der Waals surface area contributed by atoms with E-state index in [4.69, 9.17) is 28.3 Å². The molecule has 1 aliphatic carbocycles. The Morgan fingerprint density at radius 2 is 2.07 bits per heavy atom. The number of aliphatic hydroxyl groups is 1. The minimum absolute atomic E-state index is 0.486. The van der Waals surface area contributed by atoms with Crippen LogP contribution >= 0.6 is 23.2 Å². The van der Waals surface area contributed by atoms with E-state index in [0.29, 0.717) is 0 Å². The van der Waals surface area contributed by atoms with E-state index in [9.17, 15) is 14.7 Å². The third kappa shape index (κ3) is 1.13. The Kier molecular flexibility index (Phi) is 2.51. The Bertz CT molecular complexity index is 335. The zero-order valence-electron chi connectivity index (χ0n) is 6.95. The SMILES string of the molecule is COC1=CC(=O)C(Cl)(Cl)C1(O)C(=O)O. The van der Waals surface area contributed by atoms with E-state index < -0.39 is 27.4 Å². The van der Waals surface area contributed by atoms with E-state index in [2.05, 4.69) is 4.74 Å². The van der Waals surface area contributed by atoms with Gasteiger partial charge in [-0.2, -0.15) is 0 Å². The first-order chi connectivity index (χ1) is 6.28. The summed E-state index contributed by atoms with van der Waals surface area (Å²) in [6, 6.07) is 0. The van der Waals surface area contributed by atoms with Gasteiger partial charge < -0.3 is 14.9 Å². The van der Waals surface area contributed by atoms with Gasteiger partial charge in [0.05, 0.1) is 7.11 Å². The summed E-state index contributed by atoms with van der Waals surface area (Å²) in [6.45, 7) is 0. The molecule has 0 heterocycles. The number of carbonyl (C=O) groups is 2.